The van der Waals surface area contributed by atoms with E-state index in [9.17, 15) is 14.4 Å². The first-order valence-corrected chi connectivity index (χ1v) is 7.72. The smallest absolute Gasteiger partial charge is 0.408 e. The number of ketones is 1. The van der Waals surface area contributed by atoms with Gasteiger partial charge < -0.3 is 14.8 Å². The molecule has 130 valence electrons. The number of hydrogen-bond donors (Lipinski definition) is 1. The first-order chi connectivity index (χ1) is 12.1. The van der Waals surface area contributed by atoms with Gasteiger partial charge in [0.15, 0.2) is 5.78 Å². The fourth-order valence-electron chi connectivity index (χ4n) is 2.19. The second-order valence-electron chi connectivity index (χ2n) is 5.27. The van der Waals surface area contributed by atoms with Gasteiger partial charge in [-0.05, 0) is 11.1 Å². The van der Waals surface area contributed by atoms with Gasteiger partial charge in [0.2, 0.25) is 0 Å². The Kier molecular flexibility index (Phi) is 6.71. The van der Waals surface area contributed by atoms with Crippen LogP contribution in [0.15, 0.2) is 60.7 Å². The summed E-state index contributed by atoms with van der Waals surface area (Å²) in [6, 6.07) is 16.9. The molecule has 0 bridgehead atoms. The first-order valence-electron chi connectivity index (χ1n) is 7.72. The molecule has 2 aromatic rings. The number of hydrogen-bond acceptors (Lipinski definition) is 5. The van der Waals surface area contributed by atoms with Crippen LogP contribution < -0.4 is 5.32 Å². The third-order valence-corrected chi connectivity index (χ3v) is 3.48. The number of benzene rings is 2. The predicted octanol–water partition coefficient (Wildman–Crippen LogP) is 2.79. The Morgan fingerprint density at radius 2 is 1.56 bits per heavy atom. The van der Waals surface area contributed by atoms with Crippen molar-refractivity contribution in [1.29, 1.82) is 0 Å². The van der Waals surface area contributed by atoms with Crippen molar-refractivity contribution in [2.75, 3.05) is 7.11 Å². The van der Waals surface area contributed by atoms with Gasteiger partial charge in [0, 0.05) is 0 Å². The van der Waals surface area contributed by atoms with E-state index in [4.69, 9.17) is 4.74 Å². The third-order valence-electron chi connectivity index (χ3n) is 3.48. The average Bonchev–Trinajstić information content (AvgIpc) is 2.65. The molecule has 0 aliphatic rings. The van der Waals surface area contributed by atoms with Gasteiger partial charge in [0.25, 0.3) is 0 Å². The molecule has 0 aliphatic carbocycles. The number of Topliss-reactive ketones (excluding diaryl/α,β-unsaturated/α-hetero) is 1. The molecule has 0 unspecified atom stereocenters. The van der Waals surface area contributed by atoms with E-state index in [0.29, 0.717) is 5.56 Å². The number of carbonyl (C=O) groups excluding carboxylic acids is 3. The average molecular weight is 341 g/mol. The first kappa shape index (κ1) is 18.2. The van der Waals surface area contributed by atoms with Gasteiger partial charge in [0.1, 0.15) is 19.1 Å². The van der Waals surface area contributed by atoms with Gasteiger partial charge in [-0.2, -0.15) is 0 Å². The molecule has 0 aromatic heterocycles. The minimum Gasteiger partial charge on any atom is -0.469 e. The van der Waals surface area contributed by atoms with E-state index in [2.05, 4.69) is 10.1 Å². The summed E-state index contributed by atoms with van der Waals surface area (Å²) >= 11 is 0. The Hall–Kier alpha value is -3.15. The Morgan fingerprint density at radius 1 is 0.960 bits per heavy atom. The topological polar surface area (TPSA) is 81.7 Å². The molecule has 1 atom stereocenters. The van der Waals surface area contributed by atoms with Gasteiger partial charge in [-0.1, -0.05) is 60.7 Å². The Morgan fingerprint density at radius 3 is 2.16 bits per heavy atom. The lowest BCUT2D eigenvalue weighted by molar-refractivity contribution is -0.143. The molecule has 0 fully saturated rings. The number of methoxy groups -OCH3 is 1. The fourth-order valence-corrected chi connectivity index (χ4v) is 2.19. The molecule has 2 rings (SSSR count). The lowest BCUT2D eigenvalue weighted by Crippen LogP contribution is -2.35. The van der Waals surface area contributed by atoms with Crippen LogP contribution in [-0.2, 0) is 25.7 Å². The summed E-state index contributed by atoms with van der Waals surface area (Å²) in [6.07, 6.45) is -1.18. The van der Waals surface area contributed by atoms with Crippen LogP contribution in [-0.4, -0.2) is 25.0 Å². The van der Waals surface area contributed by atoms with Crippen molar-refractivity contribution in [3.05, 3.63) is 71.8 Å². The van der Waals surface area contributed by atoms with Crippen LogP contribution in [0.5, 0.6) is 0 Å². The zero-order valence-corrected chi connectivity index (χ0v) is 13.8. The largest absolute Gasteiger partial charge is 0.469 e. The summed E-state index contributed by atoms with van der Waals surface area (Å²) in [5.74, 6) is -1.14. The highest BCUT2D eigenvalue weighted by molar-refractivity contribution is 6.00. The van der Waals surface area contributed by atoms with Crippen LogP contribution in [0.2, 0.25) is 0 Å². The lowest BCUT2D eigenvalue weighted by atomic mass is 10.0. The van der Waals surface area contributed by atoms with Crippen molar-refractivity contribution in [2.45, 2.75) is 19.1 Å². The number of alkyl carbamates (subject to hydrolysis) is 1. The van der Waals surface area contributed by atoms with E-state index in [1.165, 1.54) is 7.11 Å². The van der Waals surface area contributed by atoms with E-state index in [1.807, 2.05) is 30.3 Å². The second kappa shape index (κ2) is 9.22. The molecule has 0 aliphatic heterocycles. The molecule has 0 radical (unpaired) electrons. The predicted molar refractivity (Wildman–Crippen MR) is 90.6 cm³/mol. The van der Waals surface area contributed by atoms with Gasteiger partial charge in [-0.15, -0.1) is 0 Å². The van der Waals surface area contributed by atoms with Crippen molar-refractivity contribution in [2.24, 2.45) is 0 Å². The number of nitrogens with one attached hydrogen (secondary N) is 1. The van der Waals surface area contributed by atoms with E-state index < -0.39 is 30.3 Å². The number of ether oxygens (including phenoxy) is 2. The van der Waals surface area contributed by atoms with Crippen LogP contribution in [0, 0.1) is 0 Å². The van der Waals surface area contributed by atoms with Gasteiger partial charge in [-0.3, -0.25) is 9.59 Å². The minimum absolute atomic E-state index is 0.0827. The highest BCUT2D eigenvalue weighted by atomic mass is 16.5. The zero-order valence-electron chi connectivity index (χ0n) is 13.8. The Bertz CT molecular complexity index is 715. The summed E-state index contributed by atoms with van der Waals surface area (Å²) in [5.41, 5.74) is 1.39. The summed E-state index contributed by atoms with van der Waals surface area (Å²) in [5, 5.41) is 2.51. The quantitative estimate of drug-likeness (QED) is 0.618. The van der Waals surface area contributed by atoms with E-state index in [0.717, 1.165) is 5.56 Å². The molecule has 0 saturated heterocycles. The van der Waals surface area contributed by atoms with Gasteiger partial charge in [-0.25, -0.2) is 4.79 Å². The van der Waals surface area contributed by atoms with E-state index in [-0.39, 0.29) is 6.61 Å². The third kappa shape index (κ3) is 5.76. The van der Waals surface area contributed by atoms with Crippen molar-refractivity contribution in [1.82, 2.24) is 5.32 Å². The van der Waals surface area contributed by atoms with Crippen LogP contribution in [0.1, 0.15) is 23.6 Å². The highest BCUT2D eigenvalue weighted by Gasteiger charge is 2.25. The van der Waals surface area contributed by atoms with Gasteiger partial charge >= 0.3 is 12.1 Å². The monoisotopic (exact) mass is 341 g/mol. The van der Waals surface area contributed by atoms with Crippen LogP contribution in [0.3, 0.4) is 0 Å². The molecule has 0 spiro atoms. The van der Waals surface area contributed by atoms with Gasteiger partial charge in [0.05, 0.1) is 7.11 Å². The molecule has 0 saturated carbocycles. The standard InChI is InChI=1S/C19H19NO5/c1-24-17(22)12-16(21)18(15-10-6-3-7-11-15)20-19(23)25-13-14-8-4-2-5-9-14/h2-11,18H,12-13H2,1H3,(H,20,23)/t18-/m0/s1. The normalized spacial score (nSPS) is 11.2. The fraction of sp³-hybridized carbons (Fsp3) is 0.211. The maximum Gasteiger partial charge on any atom is 0.408 e. The molecule has 2 aromatic carbocycles. The summed E-state index contributed by atoms with van der Waals surface area (Å²) < 4.78 is 9.66. The Balaban J connectivity index is 2.03. The molecular formula is C19H19NO5. The van der Waals surface area contributed by atoms with Crippen molar-refractivity contribution in [3.8, 4) is 0 Å². The number of carbonyl (C=O) groups is 3. The molecular weight excluding hydrogens is 322 g/mol. The summed E-state index contributed by atoms with van der Waals surface area (Å²) in [7, 11) is 1.20. The van der Waals surface area contributed by atoms with Crippen LogP contribution in [0.25, 0.3) is 0 Å². The summed E-state index contributed by atoms with van der Waals surface area (Å²) in [4.78, 5) is 35.8. The van der Waals surface area contributed by atoms with Crippen LogP contribution >= 0.6 is 0 Å². The Labute approximate surface area is 145 Å². The molecule has 1 amide bonds. The second-order valence-corrected chi connectivity index (χ2v) is 5.27. The van der Waals surface area contributed by atoms with Crippen LogP contribution in [0.4, 0.5) is 4.79 Å². The SMILES string of the molecule is COC(=O)CC(=O)[C@@H](NC(=O)OCc1ccccc1)c1ccccc1. The lowest BCUT2D eigenvalue weighted by Gasteiger charge is -2.17. The maximum absolute atomic E-state index is 12.4. The highest BCUT2D eigenvalue weighted by Crippen LogP contribution is 2.16. The summed E-state index contributed by atoms with van der Waals surface area (Å²) in [6.45, 7) is 0.0827. The zero-order chi connectivity index (χ0) is 18.1. The van der Waals surface area contributed by atoms with E-state index in [1.54, 1.807) is 30.3 Å². The van der Waals surface area contributed by atoms with Crippen molar-refractivity contribution >= 4 is 17.8 Å². The van der Waals surface area contributed by atoms with Crippen molar-refractivity contribution in [3.63, 3.8) is 0 Å². The minimum atomic E-state index is -0.983. The molecule has 25 heavy (non-hydrogen) atoms. The maximum atomic E-state index is 12.4. The molecule has 0 heterocycles. The molecule has 6 heteroatoms. The molecule has 6 nitrogen and oxygen atoms in total. The van der Waals surface area contributed by atoms with Crippen molar-refractivity contribution < 1.29 is 23.9 Å². The number of amides is 1. The number of rotatable bonds is 7. The number of esters is 1. The molecule has 1 N–H and O–H groups in total. The van der Waals surface area contributed by atoms with E-state index >= 15 is 0 Å².